The number of hydrogen-bond acceptors (Lipinski definition) is 6. The average Bonchev–Trinajstić information content (AvgIpc) is 3.09. The van der Waals surface area contributed by atoms with E-state index in [2.05, 4.69) is 20.2 Å². The van der Waals surface area contributed by atoms with Gasteiger partial charge in [-0.2, -0.15) is 0 Å². The molecule has 0 aliphatic carbocycles. The quantitative estimate of drug-likeness (QED) is 0.750. The third kappa shape index (κ3) is 4.07. The first kappa shape index (κ1) is 17.1. The number of anilines is 1. The molecule has 6 nitrogen and oxygen atoms in total. The molecule has 4 rings (SSSR count). The molecule has 1 saturated heterocycles. The Morgan fingerprint density at radius 3 is 2.96 bits per heavy atom. The van der Waals surface area contributed by atoms with Gasteiger partial charge in [0.15, 0.2) is 5.13 Å². The monoisotopic (exact) mass is 368 g/mol. The Balaban J connectivity index is 1.39. The standard InChI is InChI=1S/C19H20N4O2S/c24-17(11-15-4-1-3-14-5-2-6-20-18(14)15)22-19-21-16(13-26-19)12-23-7-9-25-10-8-23/h1-6,13H,7-12H2,(H,21,22,24). The lowest BCUT2D eigenvalue weighted by molar-refractivity contribution is -0.115. The maximum Gasteiger partial charge on any atom is 0.230 e. The van der Waals surface area contributed by atoms with Crippen LogP contribution >= 0.6 is 11.3 Å². The summed E-state index contributed by atoms with van der Waals surface area (Å²) in [5.41, 5.74) is 2.78. The van der Waals surface area contributed by atoms with Gasteiger partial charge in [-0.25, -0.2) is 4.98 Å². The topological polar surface area (TPSA) is 67.4 Å². The zero-order chi connectivity index (χ0) is 17.8. The van der Waals surface area contributed by atoms with Crippen LogP contribution in [-0.4, -0.2) is 47.1 Å². The van der Waals surface area contributed by atoms with Crippen molar-refractivity contribution in [2.24, 2.45) is 0 Å². The number of morpholine rings is 1. The second kappa shape index (κ2) is 7.90. The van der Waals surface area contributed by atoms with Crippen molar-refractivity contribution in [3.05, 3.63) is 53.2 Å². The maximum atomic E-state index is 12.4. The smallest absolute Gasteiger partial charge is 0.230 e. The van der Waals surface area contributed by atoms with E-state index in [1.54, 1.807) is 6.20 Å². The van der Waals surface area contributed by atoms with Crippen molar-refractivity contribution in [2.45, 2.75) is 13.0 Å². The largest absolute Gasteiger partial charge is 0.379 e. The Bertz CT molecular complexity index is 900. The highest BCUT2D eigenvalue weighted by Gasteiger charge is 2.14. The molecule has 3 aromatic rings. The lowest BCUT2D eigenvalue weighted by Crippen LogP contribution is -2.35. The summed E-state index contributed by atoms with van der Waals surface area (Å²) in [6.45, 7) is 4.18. The molecule has 2 aromatic heterocycles. The number of rotatable bonds is 5. The number of carbonyl (C=O) groups is 1. The number of fused-ring (bicyclic) bond motifs is 1. The van der Waals surface area contributed by atoms with Crippen molar-refractivity contribution in [3.8, 4) is 0 Å². The first-order valence-electron chi connectivity index (χ1n) is 8.65. The third-order valence-electron chi connectivity index (χ3n) is 4.35. The number of nitrogens with zero attached hydrogens (tertiary/aromatic N) is 3. The molecular weight excluding hydrogens is 348 g/mol. The van der Waals surface area contributed by atoms with Gasteiger partial charge in [0.1, 0.15) is 0 Å². The van der Waals surface area contributed by atoms with Crippen LogP contribution in [0.5, 0.6) is 0 Å². The molecule has 0 radical (unpaired) electrons. The third-order valence-corrected chi connectivity index (χ3v) is 5.16. The van der Waals surface area contributed by atoms with Crippen LogP contribution in [0, 0.1) is 0 Å². The zero-order valence-electron chi connectivity index (χ0n) is 14.4. The van der Waals surface area contributed by atoms with Crippen molar-refractivity contribution in [1.82, 2.24) is 14.9 Å². The van der Waals surface area contributed by atoms with Crippen molar-refractivity contribution in [3.63, 3.8) is 0 Å². The van der Waals surface area contributed by atoms with E-state index in [1.807, 2.05) is 35.7 Å². The highest BCUT2D eigenvalue weighted by molar-refractivity contribution is 7.13. The number of para-hydroxylation sites is 1. The van der Waals surface area contributed by atoms with Gasteiger partial charge in [0.25, 0.3) is 0 Å². The van der Waals surface area contributed by atoms with E-state index < -0.39 is 0 Å². The van der Waals surface area contributed by atoms with E-state index in [-0.39, 0.29) is 12.3 Å². The Labute approximate surface area is 155 Å². The summed E-state index contributed by atoms with van der Waals surface area (Å²) in [6.07, 6.45) is 2.04. The van der Waals surface area contributed by atoms with Gasteiger partial charge in [0.2, 0.25) is 5.91 Å². The Morgan fingerprint density at radius 1 is 1.23 bits per heavy atom. The second-order valence-corrected chi connectivity index (χ2v) is 7.11. The van der Waals surface area contributed by atoms with Crippen molar-refractivity contribution in [2.75, 3.05) is 31.6 Å². The average molecular weight is 368 g/mol. The molecule has 26 heavy (non-hydrogen) atoms. The summed E-state index contributed by atoms with van der Waals surface area (Å²) in [5.74, 6) is -0.0737. The minimum atomic E-state index is -0.0737. The summed E-state index contributed by atoms with van der Waals surface area (Å²) >= 11 is 1.46. The number of nitrogens with one attached hydrogen (secondary N) is 1. The highest BCUT2D eigenvalue weighted by Crippen LogP contribution is 2.19. The van der Waals surface area contributed by atoms with Crippen LogP contribution in [0.2, 0.25) is 0 Å². The van der Waals surface area contributed by atoms with Crippen LogP contribution in [0.25, 0.3) is 10.9 Å². The van der Waals surface area contributed by atoms with E-state index in [0.717, 1.165) is 55.0 Å². The summed E-state index contributed by atoms with van der Waals surface area (Å²) in [7, 11) is 0. The van der Waals surface area contributed by atoms with Crippen molar-refractivity contribution < 1.29 is 9.53 Å². The molecule has 1 fully saturated rings. The number of aromatic nitrogens is 2. The highest BCUT2D eigenvalue weighted by atomic mass is 32.1. The first-order valence-corrected chi connectivity index (χ1v) is 9.53. The number of thiazole rings is 1. The van der Waals surface area contributed by atoms with Gasteiger partial charge in [-0.05, 0) is 11.6 Å². The van der Waals surface area contributed by atoms with Crippen LogP contribution in [0.3, 0.4) is 0 Å². The number of pyridine rings is 1. The molecule has 1 aliphatic rings. The van der Waals surface area contributed by atoms with E-state index in [1.165, 1.54) is 11.3 Å². The van der Waals surface area contributed by atoms with Crippen LogP contribution in [0.15, 0.2) is 41.9 Å². The van der Waals surface area contributed by atoms with Gasteiger partial charge in [0, 0.05) is 36.6 Å². The summed E-state index contributed by atoms with van der Waals surface area (Å²) in [4.78, 5) is 23.7. The zero-order valence-corrected chi connectivity index (χ0v) is 15.2. The number of amides is 1. The minimum absolute atomic E-state index is 0.0737. The van der Waals surface area contributed by atoms with Gasteiger partial charge >= 0.3 is 0 Å². The molecular formula is C19H20N4O2S. The van der Waals surface area contributed by atoms with Crippen LogP contribution < -0.4 is 5.32 Å². The molecule has 0 spiro atoms. The first-order chi connectivity index (χ1) is 12.8. The van der Waals surface area contributed by atoms with E-state index in [0.29, 0.717) is 5.13 Å². The molecule has 134 valence electrons. The second-order valence-electron chi connectivity index (χ2n) is 6.25. The van der Waals surface area contributed by atoms with Crippen LogP contribution in [-0.2, 0) is 22.5 Å². The number of benzene rings is 1. The Hall–Kier alpha value is -2.35. The number of hydrogen-bond donors (Lipinski definition) is 1. The van der Waals surface area contributed by atoms with Gasteiger partial charge in [-0.1, -0.05) is 24.3 Å². The Kier molecular flexibility index (Phi) is 5.19. The molecule has 3 heterocycles. The summed E-state index contributed by atoms with van der Waals surface area (Å²) in [5, 5.41) is 6.60. The molecule has 0 saturated carbocycles. The normalized spacial score (nSPS) is 15.2. The van der Waals surface area contributed by atoms with Crippen LogP contribution in [0.1, 0.15) is 11.3 Å². The van der Waals surface area contributed by atoms with Crippen molar-refractivity contribution >= 4 is 33.3 Å². The molecule has 1 N–H and O–H groups in total. The fraction of sp³-hybridized carbons (Fsp3) is 0.316. The van der Waals surface area contributed by atoms with Gasteiger partial charge in [-0.15, -0.1) is 11.3 Å². The fourth-order valence-corrected chi connectivity index (χ4v) is 3.79. The van der Waals surface area contributed by atoms with Crippen LogP contribution in [0.4, 0.5) is 5.13 Å². The molecule has 0 atom stereocenters. The fourth-order valence-electron chi connectivity index (χ4n) is 3.07. The lowest BCUT2D eigenvalue weighted by atomic mass is 10.1. The van der Waals surface area contributed by atoms with Gasteiger partial charge in [-0.3, -0.25) is 14.7 Å². The van der Waals surface area contributed by atoms with Gasteiger partial charge in [0.05, 0.1) is 30.8 Å². The van der Waals surface area contributed by atoms with E-state index in [4.69, 9.17) is 4.74 Å². The predicted molar refractivity (Wildman–Crippen MR) is 102 cm³/mol. The van der Waals surface area contributed by atoms with Gasteiger partial charge < -0.3 is 10.1 Å². The maximum absolute atomic E-state index is 12.4. The SMILES string of the molecule is O=C(Cc1cccc2cccnc12)Nc1nc(CN2CCOCC2)cs1. The molecule has 7 heteroatoms. The molecule has 0 bridgehead atoms. The predicted octanol–water partition coefficient (Wildman–Crippen LogP) is 2.70. The number of ether oxygens (including phenoxy) is 1. The lowest BCUT2D eigenvalue weighted by Gasteiger charge is -2.25. The number of carbonyl (C=O) groups excluding carboxylic acids is 1. The summed E-state index contributed by atoms with van der Waals surface area (Å²) < 4.78 is 5.36. The molecule has 1 aliphatic heterocycles. The van der Waals surface area contributed by atoms with E-state index >= 15 is 0 Å². The van der Waals surface area contributed by atoms with E-state index in [9.17, 15) is 4.79 Å². The molecule has 0 unspecified atom stereocenters. The molecule has 1 amide bonds. The van der Waals surface area contributed by atoms with Crippen molar-refractivity contribution in [1.29, 1.82) is 0 Å². The minimum Gasteiger partial charge on any atom is -0.379 e. The molecule has 1 aromatic carbocycles. The Morgan fingerprint density at radius 2 is 2.08 bits per heavy atom. The summed E-state index contributed by atoms with van der Waals surface area (Å²) in [6, 6.07) is 9.81.